The standard InChI is InChI=1S/C19H20ClFN2O3S/c1-3-8-27-11-18(24)22-13-5-7-17(26-2)16(10-13)23-19(25)14-6-4-12(20)9-15(14)21/h4-7,9-10H,3,8,11H2,1-2H3,(H,22,24)(H,23,25). The Kier molecular flexibility index (Phi) is 7.94. The van der Waals surface area contributed by atoms with E-state index in [-0.39, 0.29) is 16.5 Å². The molecule has 5 nitrogen and oxygen atoms in total. The van der Waals surface area contributed by atoms with Crippen molar-refractivity contribution in [2.24, 2.45) is 0 Å². The zero-order valence-corrected chi connectivity index (χ0v) is 16.5. The first-order valence-corrected chi connectivity index (χ1v) is 9.80. The number of carbonyl (C=O) groups is 2. The molecule has 0 fully saturated rings. The van der Waals surface area contributed by atoms with Crippen molar-refractivity contribution < 1.29 is 18.7 Å². The van der Waals surface area contributed by atoms with Crippen LogP contribution in [0.3, 0.4) is 0 Å². The van der Waals surface area contributed by atoms with Crippen molar-refractivity contribution in [1.82, 2.24) is 0 Å². The van der Waals surface area contributed by atoms with Crippen LogP contribution in [0.4, 0.5) is 15.8 Å². The maximum absolute atomic E-state index is 13.9. The van der Waals surface area contributed by atoms with Gasteiger partial charge in [-0.2, -0.15) is 11.8 Å². The average Bonchev–Trinajstić information content (AvgIpc) is 2.62. The summed E-state index contributed by atoms with van der Waals surface area (Å²) in [6.45, 7) is 2.05. The summed E-state index contributed by atoms with van der Waals surface area (Å²) in [5.74, 6) is 0.123. The van der Waals surface area contributed by atoms with Crippen LogP contribution in [0.15, 0.2) is 36.4 Å². The first-order valence-electron chi connectivity index (χ1n) is 8.26. The smallest absolute Gasteiger partial charge is 0.258 e. The normalized spacial score (nSPS) is 10.4. The van der Waals surface area contributed by atoms with Crippen molar-refractivity contribution in [3.05, 3.63) is 52.8 Å². The number of amides is 2. The van der Waals surface area contributed by atoms with Gasteiger partial charge in [-0.05, 0) is 48.6 Å². The predicted octanol–water partition coefficient (Wildman–Crippen LogP) is 4.82. The Labute approximate surface area is 166 Å². The van der Waals surface area contributed by atoms with Crippen LogP contribution in [0.25, 0.3) is 0 Å². The second-order valence-electron chi connectivity index (χ2n) is 5.59. The monoisotopic (exact) mass is 410 g/mol. The van der Waals surface area contributed by atoms with Gasteiger partial charge in [0.1, 0.15) is 11.6 Å². The third-order valence-electron chi connectivity index (χ3n) is 3.49. The van der Waals surface area contributed by atoms with E-state index in [0.29, 0.717) is 22.9 Å². The van der Waals surface area contributed by atoms with Crippen molar-refractivity contribution in [2.75, 3.05) is 29.2 Å². The van der Waals surface area contributed by atoms with Gasteiger partial charge in [-0.1, -0.05) is 18.5 Å². The zero-order chi connectivity index (χ0) is 19.8. The molecule has 2 rings (SSSR count). The molecule has 8 heteroatoms. The van der Waals surface area contributed by atoms with E-state index in [1.54, 1.807) is 30.0 Å². The van der Waals surface area contributed by atoms with Gasteiger partial charge in [0.2, 0.25) is 5.91 Å². The van der Waals surface area contributed by atoms with E-state index in [0.717, 1.165) is 18.2 Å². The molecular formula is C19H20ClFN2O3S. The summed E-state index contributed by atoms with van der Waals surface area (Å²) in [6.07, 6.45) is 0.998. The van der Waals surface area contributed by atoms with E-state index in [1.807, 2.05) is 6.92 Å². The van der Waals surface area contributed by atoms with Gasteiger partial charge in [0.05, 0.1) is 24.1 Å². The van der Waals surface area contributed by atoms with Crippen molar-refractivity contribution in [2.45, 2.75) is 13.3 Å². The molecule has 2 N–H and O–H groups in total. The number of hydrogen-bond acceptors (Lipinski definition) is 4. The number of rotatable bonds is 8. The Balaban J connectivity index is 2.15. The largest absolute Gasteiger partial charge is 0.495 e. The first-order chi connectivity index (χ1) is 12.9. The lowest BCUT2D eigenvalue weighted by molar-refractivity contribution is -0.113. The maximum atomic E-state index is 13.9. The molecule has 0 saturated carbocycles. The molecule has 0 aliphatic rings. The molecule has 0 unspecified atom stereocenters. The predicted molar refractivity (Wildman–Crippen MR) is 109 cm³/mol. The highest BCUT2D eigenvalue weighted by Gasteiger charge is 2.15. The van der Waals surface area contributed by atoms with Crippen LogP contribution in [0, 0.1) is 5.82 Å². The van der Waals surface area contributed by atoms with Crippen molar-refractivity contribution in [3.8, 4) is 5.75 Å². The Morgan fingerprint density at radius 1 is 1.19 bits per heavy atom. The minimum Gasteiger partial charge on any atom is -0.495 e. The van der Waals surface area contributed by atoms with E-state index in [2.05, 4.69) is 10.6 Å². The Morgan fingerprint density at radius 2 is 1.96 bits per heavy atom. The summed E-state index contributed by atoms with van der Waals surface area (Å²) in [4.78, 5) is 24.3. The summed E-state index contributed by atoms with van der Waals surface area (Å²) in [6, 6.07) is 8.64. The lowest BCUT2D eigenvalue weighted by Gasteiger charge is -2.13. The molecule has 0 bridgehead atoms. The Hall–Kier alpha value is -2.25. The number of anilines is 2. The number of halogens is 2. The lowest BCUT2D eigenvalue weighted by Crippen LogP contribution is -2.16. The number of nitrogens with one attached hydrogen (secondary N) is 2. The van der Waals surface area contributed by atoms with Crippen LogP contribution in [-0.4, -0.2) is 30.4 Å². The highest BCUT2D eigenvalue weighted by atomic mass is 35.5. The molecule has 2 aromatic carbocycles. The molecule has 0 radical (unpaired) electrons. The summed E-state index contributed by atoms with van der Waals surface area (Å²) >= 11 is 7.25. The van der Waals surface area contributed by atoms with Crippen LogP contribution < -0.4 is 15.4 Å². The fourth-order valence-electron chi connectivity index (χ4n) is 2.25. The summed E-state index contributed by atoms with van der Waals surface area (Å²) in [5, 5.41) is 5.57. The molecule has 2 amide bonds. The van der Waals surface area contributed by atoms with E-state index in [9.17, 15) is 14.0 Å². The Morgan fingerprint density at radius 3 is 2.63 bits per heavy atom. The second-order valence-corrected chi connectivity index (χ2v) is 7.14. The topological polar surface area (TPSA) is 67.4 Å². The third-order valence-corrected chi connectivity index (χ3v) is 4.89. The van der Waals surface area contributed by atoms with Crippen molar-refractivity contribution in [1.29, 1.82) is 0 Å². The van der Waals surface area contributed by atoms with Crippen molar-refractivity contribution >= 4 is 46.6 Å². The average molecular weight is 411 g/mol. The van der Waals surface area contributed by atoms with Gasteiger partial charge in [0.25, 0.3) is 5.91 Å². The van der Waals surface area contributed by atoms with Gasteiger partial charge < -0.3 is 15.4 Å². The highest BCUT2D eigenvalue weighted by Crippen LogP contribution is 2.29. The number of carbonyl (C=O) groups excluding carboxylic acids is 2. The molecule has 27 heavy (non-hydrogen) atoms. The fourth-order valence-corrected chi connectivity index (χ4v) is 3.10. The summed E-state index contributed by atoms with van der Waals surface area (Å²) in [7, 11) is 1.45. The van der Waals surface area contributed by atoms with E-state index in [1.165, 1.54) is 19.2 Å². The molecule has 2 aromatic rings. The van der Waals surface area contributed by atoms with Crippen LogP contribution >= 0.6 is 23.4 Å². The van der Waals surface area contributed by atoms with E-state index in [4.69, 9.17) is 16.3 Å². The molecule has 144 valence electrons. The van der Waals surface area contributed by atoms with Crippen LogP contribution in [-0.2, 0) is 4.79 Å². The SMILES string of the molecule is CCCSCC(=O)Nc1ccc(OC)c(NC(=O)c2ccc(Cl)cc2F)c1. The molecule has 0 atom stereocenters. The molecular weight excluding hydrogens is 391 g/mol. The molecule has 0 spiro atoms. The second kappa shape index (κ2) is 10.2. The van der Waals surface area contributed by atoms with E-state index < -0.39 is 11.7 Å². The number of thioether (sulfide) groups is 1. The minimum atomic E-state index is -0.726. The quantitative estimate of drug-likeness (QED) is 0.612. The lowest BCUT2D eigenvalue weighted by atomic mass is 10.2. The molecule has 0 saturated heterocycles. The van der Waals surface area contributed by atoms with Gasteiger partial charge in [-0.15, -0.1) is 0 Å². The maximum Gasteiger partial charge on any atom is 0.258 e. The van der Waals surface area contributed by atoms with Gasteiger partial charge in [0.15, 0.2) is 0 Å². The van der Waals surface area contributed by atoms with Gasteiger partial charge in [-0.3, -0.25) is 9.59 Å². The van der Waals surface area contributed by atoms with Crippen molar-refractivity contribution in [3.63, 3.8) is 0 Å². The van der Waals surface area contributed by atoms with Gasteiger partial charge in [0, 0.05) is 10.7 Å². The number of methoxy groups -OCH3 is 1. The van der Waals surface area contributed by atoms with Crippen LogP contribution in [0.5, 0.6) is 5.75 Å². The zero-order valence-electron chi connectivity index (χ0n) is 15.0. The Bertz CT molecular complexity index is 833. The molecule has 0 aromatic heterocycles. The molecule has 0 aliphatic carbocycles. The van der Waals surface area contributed by atoms with Crippen LogP contribution in [0.2, 0.25) is 5.02 Å². The first kappa shape index (κ1) is 21.1. The third kappa shape index (κ3) is 6.15. The van der Waals surface area contributed by atoms with Crippen LogP contribution in [0.1, 0.15) is 23.7 Å². The fraction of sp³-hybridized carbons (Fsp3) is 0.263. The summed E-state index contributed by atoms with van der Waals surface area (Å²) < 4.78 is 19.2. The number of benzene rings is 2. The molecule has 0 aliphatic heterocycles. The van der Waals surface area contributed by atoms with Gasteiger partial charge >= 0.3 is 0 Å². The minimum absolute atomic E-state index is 0.139. The molecule has 0 heterocycles. The number of hydrogen-bond donors (Lipinski definition) is 2. The van der Waals surface area contributed by atoms with Gasteiger partial charge in [-0.25, -0.2) is 4.39 Å². The summed E-state index contributed by atoms with van der Waals surface area (Å²) in [5.41, 5.74) is 0.674. The highest BCUT2D eigenvalue weighted by molar-refractivity contribution is 7.99. The van der Waals surface area contributed by atoms with E-state index >= 15 is 0 Å². The number of ether oxygens (including phenoxy) is 1.